The molecule has 0 saturated heterocycles. The highest BCUT2D eigenvalue weighted by atomic mass is 16.2. The third kappa shape index (κ3) is 6.02. The topological polar surface area (TPSA) is 180 Å². The van der Waals surface area contributed by atoms with Gasteiger partial charge in [-0.2, -0.15) is 0 Å². The minimum atomic E-state index is -0.855. The van der Waals surface area contributed by atoms with Crippen LogP contribution < -0.4 is 27.8 Å². The normalized spacial score (nSPS) is 12.9. The summed E-state index contributed by atoms with van der Waals surface area (Å²) in [7, 11) is 0. The molecule has 36 heavy (non-hydrogen) atoms. The van der Waals surface area contributed by atoms with Gasteiger partial charge in [0.15, 0.2) is 5.96 Å². The van der Waals surface area contributed by atoms with E-state index >= 15 is 0 Å². The second-order valence-electron chi connectivity index (χ2n) is 8.77. The van der Waals surface area contributed by atoms with Crippen molar-refractivity contribution in [3.63, 3.8) is 0 Å². The molecule has 10 N–H and O–H groups in total. The van der Waals surface area contributed by atoms with E-state index in [0.717, 1.165) is 32.9 Å². The van der Waals surface area contributed by atoms with Crippen molar-refractivity contribution in [2.24, 2.45) is 22.2 Å². The molecule has 0 unspecified atom stereocenters. The van der Waals surface area contributed by atoms with E-state index in [2.05, 4.69) is 25.6 Å². The lowest BCUT2D eigenvalue weighted by atomic mass is 10.0. The Morgan fingerprint density at radius 1 is 0.861 bits per heavy atom. The Morgan fingerprint density at radius 3 is 2.11 bits per heavy atom. The van der Waals surface area contributed by atoms with E-state index in [-0.39, 0.29) is 18.3 Å². The summed E-state index contributed by atoms with van der Waals surface area (Å²) in [5.41, 5.74) is 20.5. The van der Waals surface area contributed by atoms with Crippen LogP contribution in [0.1, 0.15) is 24.0 Å². The van der Waals surface area contributed by atoms with Gasteiger partial charge in [0, 0.05) is 53.7 Å². The third-order valence-electron chi connectivity index (χ3n) is 6.23. The fourth-order valence-electron chi connectivity index (χ4n) is 4.36. The first-order valence-electron chi connectivity index (χ1n) is 11.9. The zero-order valence-electron chi connectivity index (χ0n) is 20.0. The van der Waals surface area contributed by atoms with Crippen molar-refractivity contribution in [2.45, 2.75) is 37.9 Å². The van der Waals surface area contributed by atoms with E-state index in [4.69, 9.17) is 17.2 Å². The molecular weight excluding hydrogens is 456 g/mol. The first kappa shape index (κ1) is 24.8. The van der Waals surface area contributed by atoms with Crippen LogP contribution >= 0.6 is 0 Å². The number of H-pyrrole nitrogens is 2. The van der Waals surface area contributed by atoms with E-state index in [1.54, 1.807) is 0 Å². The molecular formula is C26H32N8O2. The molecule has 188 valence electrons. The molecule has 2 aromatic heterocycles. The number of amides is 2. The smallest absolute Gasteiger partial charge is 0.240 e. The first-order valence-corrected chi connectivity index (χ1v) is 11.9. The quantitative estimate of drug-likeness (QED) is 0.0902. The Bertz CT molecular complexity index is 1370. The van der Waals surface area contributed by atoms with Crippen LogP contribution in [0.5, 0.6) is 0 Å². The average molecular weight is 489 g/mol. The molecule has 0 saturated carbocycles. The number of para-hydroxylation sites is 2. The maximum absolute atomic E-state index is 13.3. The van der Waals surface area contributed by atoms with Gasteiger partial charge in [-0.25, -0.2) is 0 Å². The van der Waals surface area contributed by atoms with Crippen molar-refractivity contribution in [3.8, 4) is 0 Å². The van der Waals surface area contributed by atoms with Gasteiger partial charge in [0.2, 0.25) is 11.8 Å². The molecule has 10 nitrogen and oxygen atoms in total. The van der Waals surface area contributed by atoms with Gasteiger partial charge in [-0.05, 0) is 36.1 Å². The highest BCUT2D eigenvalue weighted by molar-refractivity contribution is 5.90. The van der Waals surface area contributed by atoms with Gasteiger partial charge < -0.3 is 37.8 Å². The van der Waals surface area contributed by atoms with Crippen molar-refractivity contribution < 1.29 is 9.59 Å². The SMILES string of the molecule is NC(=O)[C@H](Cc1c[nH]c2ccccc12)NC(=O)[C@@H](CCCN=C(N)N)NCc1c[nH]c2ccccc12. The summed E-state index contributed by atoms with van der Waals surface area (Å²) in [4.78, 5) is 36.0. The summed E-state index contributed by atoms with van der Waals surface area (Å²) < 4.78 is 0. The number of primary amides is 1. The van der Waals surface area contributed by atoms with Gasteiger partial charge in [0.05, 0.1) is 6.04 Å². The third-order valence-corrected chi connectivity index (χ3v) is 6.23. The molecule has 0 aliphatic heterocycles. The van der Waals surface area contributed by atoms with Crippen molar-refractivity contribution in [1.29, 1.82) is 0 Å². The summed E-state index contributed by atoms with van der Waals surface area (Å²) >= 11 is 0. The molecule has 0 spiro atoms. The highest BCUT2D eigenvalue weighted by Crippen LogP contribution is 2.20. The summed E-state index contributed by atoms with van der Waals surface area (Å²) in [6.45, 7) is 0.865. The fraction of sp³-hybridized carbons (Fsp3) is 0.269. The summed E-state index contributed by atoms with van der Waals surface area (Å²) in [5, 5.41) is 8.26. The number of guanidine groups is 1. The van der Waals surface area contributed by atoms with Crippen LogP contribution in [-0.2, 0) is 22.6 Å². The van der Waals surface area contributed by atoms with Crippen LogP contribution in [0.25, 0.3) is 21.8 Å². The highest BCUT2D eigenvalue weighted by Gasteiger charge is 2.25. The second-order valence-corrected chi connectivity index (χ2v) is 8.77. The van der Waals surface area contributed by atoms with Crippen LogP contribution in [0.4, 0.5) is 0 Å². The van der Waals surface area contributed by atoms with Gasteiger partial charge in [0.1, 0.15) is 6.04 Å². The molecule has 2 aromatic carbocycles. The number of nitrogens with zero attached hydrogens (tertiary/aromatic N) is 1. The Morgan fingerprint density at radius 2 is 1.47 bits per heavy atom. The van der Waals surface area contributed by atoms with Crippen molar-refractivity contribution in [1.82, 2.24) is 20.6 Å². The number of rotatable bonds is 12. The second kappa shape index (κ2) is 11.4. The summed E-state index contributed by atoms with van der Waals surface area (Å²) in [5.74, 6) is -0.886. The van der Waals surface area contributed by atoms with Crippen LogP contribution in [0.3, 0.4) is 0 Å². The molecule has 10 heteroatoms. The van der Waals surface area contributed by atoms with Crippen LogP contribution in [0.15, 0.2) is 65.9 Å². The molecule has 0 fully saturated rings. The molecule has 2 amide bonds. The van der Waals surface area contributed by atoms with E-state index in [9.17, 15) is 9.59 Å². The lowest BCUT2D eigenvalue weighted by molar-refractivity contribution is -0.128. The maximum atomic E-state index is 13.3. The Balaban J connectivity index is 1.46. The van der Waals surface area contributed by atoms with Gasteiger partial charge in [-0.1, -0.05) is 36.4 Å². The first-order chi connectivity index (χ1) is 17.4. The van der Waals surface area contributed by atoms with E-state index < -0.39 is 18.0 Å². The number of benzene rings is 2. The molecule has 0 aliphatic rings. The fourth-order valence-corrected chi connectivity index (χ4v) is 4.36. The molecule has 0 bridgehead atoms. The average Bonchev–Trinajstić information content (AvgIpc) is 3.47. The standard InChI is InChI=1S/C26H32N8O2/c27-24(35)23(12-16-13-31-20-8-3-1-6-18(16)20)34-25(36)22(10-5-11-30-26(28)29)33-15-17-14-32-21-9-4-2-7-19(17)21/h1-4,6-9,13-14,22-23,31-33H,5,10-12,15H2,(H2,27,35)(H,34,36)(H4,28,29,30)/t22-,23+/m1/s1. The zero-order chi connectivity index (χ0) is 25.5. The predicted molar refractivity (Wildman–Crippen MR) is 142 cm³/mol. The minimum Gasteiger partial charge on any atom is -0.370 e. The molecule has 4 aromatic rings. The van der Waals surface area contributed by atoms with E-state index in [1.165, 1.54) is 0 Å². The number of hydrogen-bond acceptors (Lipinski definition) is 4. The number of carbonyl (C=O) groups excluding carboxylic acids is 2. The Kier molecular flexibility index (Phi) is 7.86. The molecule has 4 rings (SSSR count). The van der Waals surface area contributed by atoms with Gasteiger partial charge in [0.25, 0.3) is 0 Å². The monoisotopic (exact) mass is 488 g/mol. The summed E-state index contributed by atoms with van der Waals surface area (Å²) in [6, 6.07) is 14.3. The lowest BCUT2D eigenvalue weighted by Crippen LogP contribution is -2.52. The largest absolute Gasteiger partial charge is 0.370 e. The Hall–Kier alpha value is -4.31. The van der Waals surface area contributed by atoms with E-state index in [1.807, 2.05) is 60.9 Å². The van der Waals surface area contributed by atoms with Crippen LogP contribution in [-0.4, -0.2) is 46.4 Å². The van der Waals surface area contributed by atoms with E-state index in [0.29, 0.717) is 25.9 Å². The predicted octanol–water partition coefficient (Wildman–Crippen LogP) is 1.37. The number of aromatic amines is 2. The number of fused-ring (bicyclic) bond motifs is 2. The van der Waals surface area contributed by atoms with Crippen LogP contribution in [0, 0.1) is 0 Å². The van der Waals surface area contributed by atoms with Gasteiger partial charge >= 0.3 is 0 Å². The summed E-state index contributed by atoms with van der Waals surface area (Å²) in [6.07, 6.45) is 5.11. The number of nitrogens with two attached hydrogens (primary N) is 3. The number of hydrogen-bond donors (Lipinski definition) is 7. The number of carbonyl (C=O) groups is 2. The number of aromatic nitrogens is 2. The number of nitrogens with one attached hydrogen (secondary N) is 4. The minimum absolute atomic E-state index is 0.00951. The van der Waals surface area contributed by atoms with Crippen molar-refractivity contribution in [3.05, 3.63) is 72.1 Å². The molecule has 0 aliphatic carbocycles. The molecule has 0 radical (unpaired) electrons. The molecule has 2 atom stereocenters. The molecule has 2 heterocycles. The Labute approximate surface area is 208 Å². The lowest BCUT2D eigenvalue weighted by Gasteiger charge is -2.22. The van der Waals surface area contributed by atoms with Crippen LogP contribution in [0.2, 0.25) is 0 Å². The zero-order valence-corrected chi connectivity index (χ0v) is 20.0. The van der Waals surface area contributed by atoms with Crippen molar-refractivity contribution >= 4 is 39.6 Å². The number of aliphatic imine (C=N–C) groups is 1. The van der Waals surface area contributed by atoms with Gasteiger partial charge in [-0.15, -0.1) is 0 Å². The van der Waals surface area contributed by atoms with Gasteiger partial charge in [-0.3, -0.25) is 14.6 Å². The maximum Gasteiger partial charge on any atom is 0.240 e. The van der Waals surface area contributed by atoms with Crippen molar-refractivity contribution in [2.75, 3.05) is 6.54 Å².